The van der Waals surface area contributed by atoms with E-state index in [1.54, 1.807) is 0 Å². The van der Waals surface area contributed by atoms with Gasteiger partial charge in [0.1, 0.15) is 0 Å². The Morgan fingerprint density at radius 1 is 0.833 bits per heavy atom. The van der Waals surface area contributed by atoms with Gasteiger partial charge in [0.25, 0.3) is 0 Å². The Labute approximate surface area is 156 Å². The lowest BCUT2D eigenvalue weighted by Gasteiger charge is -2.15. The summed E-state index contributed by atoms with van der Waals surface area (Å²) >= 11 is 5.30. The van der Waals surface area contributed by atoms with Crippen LogP contribution in [-0.4, -0.2) is 31.4 Å². The highest BCUT2D eigenvalue weighted by Gasteiger charge is 2.05. The number of unbranched alkanes of at least 4 members (excludes halogenated alkanes) is 6. The van der Waals surface area contributed by atoms with Crippen LogP contribution in [0.5, 0.6) is 0 Å². The molecule has 0 aliphatic heterocycles. The highest BCUT2D eigenvalue weighted by atomic mass is 32.1. The molecule has 0 radical (unpaired) electrons. The van der Waals surface area contributed by atoms with Gasteiger partial charge in [-0.3, -0.25) is 0 Å². The first-order valence-electron chi connectivity index (χ1n) is 10.3. The quantitative estimate of drug-likeness (QED) is 0.268. The minimum Gasteiger partial charge on any atom is -0.381 e. The fraction of sp³-hybridized carbons (Fsp3) is 0.950. The van der Waals surface area contributed by atoms with Crippen LogP contribution in [0.2, 0.25) is 0 Å². The van der Waals surface area contributed by atoms with Crippen LogP contribution in [0.1, 0.15) is 91.4 Å². The second-order valence-corrected chi connectivity index (χ2v) is 7.20. The third-order valence-electron chi connectivity index (χ3n) is 4.46. The molecule has 0 bridgehead atoms. The van der Waals surface area contributed by atoms with Gasteiger partial charge in [0, 0.05) is 26.3 Å². The molecule has 1 unspecified atom stereocenters. The number of rotatable bonds is 17. The second kappa shape index (κ2) is 19.0. The lowest BCUT2D eigenvalue weighted by molar-refractivity contribution is 0.0927. The molecule has 0 aromatic rings. The summed E-state index contributed by atoms with van der Waals surface area (Å²) in [6, 6.07) is 0. The zero-order valence-corrected chi connectivity index (χ0v) is 17.3. The molecule has 0 aliphatic rings. The van der Waals surface area contributed by atoms with Crippen molar-refractivity contribution in [1.29, 1.82) is 0 Å². The molecule has 24 heavy (non-hydrogen) atoms. The van der Waals surface area contributed by atoms with Gasteiger partial charge < -0.3 is 15.4 Å². The van der Waals surface area contributed by atoms with Crippen LogP contribution >= 0.6 is 12.2 Å². The van der Waals surface area contributed by atoms with E-state index in [4.69, 9.17) is 17.0 Å². The van der Waals surface area contributed by atoms with E-state index in [9.17, 15) is 0 Å². The minimum atomic E-state index is 0.734. The SMILES string of the molecule is CCCCCCCCNC(=S)NCCCOCC(CC)CCCC. The third kappa shape index (κ3) is 16.5. The van der Waals surface area contributed by atoms with Crippen molar-refractivity contribution < 1.29 is 4.74 Å². The molecule has 1 atom stereocenters. The predicted molar refractivity (Wildman–Crippen MR) is 111 cm³/mol. The molecule has 0 fully saturated rings. The van der Waals surface area contributed by atoms with Crippen LogP contribution in [0.3, 0.4) is 0 Å². The van der Waals surface area contributed by atoms with E-state index in [2.05, 4.69) is 31.4 Å². The normalized spacial score (nSPS) is 12.1. The maximum Gasteiger partial charge on any atom is 0.166 e. The van der Waals surface area contributed by atoms with Crippen LogP contribution in [0, 0.1) is 5.92 Å². The van der Waals surface area contributed by atoms with Gasteiger partial charge in [0.15, 0.2) is 5.11 Å². The monoisotopic (exact) mass is 358 g/mol. The molecule has 0 heterocycles. The van der Waals surface area contributed by atoms with Crippen molar-refractivity contribution in [2.45, 2.75) is 91.4 Å². The van der Waals surface area contributed by atoms with E-state index in [0.717, 1.165) is 43.8 Å². The Morgan fingerprint density at radius 3 is 2.12 bits per heavy atom. The van der Waals surface area contributed by atoms with Gasteiger partial charge in [-0.1, -0.05) is 72.1 Å². The van der Waals surface area contributed by atoms with E-state index in [1.807, 2.05) is 0 Å². The van der Waals surface area contributed by atoms with Gasteiger partial charge in [0.05, 0.1) is 0 Å². The van der Waals surface area contributed by atoms with Crippen LogP contribution in [0.15, 0.2) is 0 Å². The van der Waals surface area contributed by atoms with Crippen LogP contribution in [-0.2, 0) is 4.74 Å². The van der Waals surface area contributed by atoms with Crippen molar-refractivity contribution in [3.05, 3.63) is 0 Å². The summed E-state index contributed by atoms with van der Waals surface area (Å²) in [5, 5.41) is 7.35. The molecule has 0 saturated carbocycles. The molecular weight excluding hydrogens is 316 g/mol. The number of hydrogen-bond donors (Lipinski definition) is 2. The van der Waals surface area contributed by atoms with Gasteiger partial charge >= 0.3 is 0 Å². The second-order valence-electron chi connectivity index (χ2n) is 6.80. The number of thiocarbonyl (C=S) groups is 1. The van der Waals surface area contributed by atoms with E-state index < -0.39 is 0 Å². The smallest absolute Gasteiger partial charge is 0.166 e. The lowest BCUT2D eigenvalue weighted by atomic mass is 10.0. The fourth-order valence-electron chi connectivity index (χ4n) is 2.69. The Morgan fingerprint density at radius 2 is 1.46 bits per heavy atom. The Balaban J connectivity index is 3.33. The van der Waals surface area contributed by atoms with E-state index >= 15 is 0 Å². The average molecular weight is 359 g/mol. The Bertz CT molecular complexity index is 274. The van der Waals surface area contributed by atoms with E-state index in [0.29, 0.717) is 0 Å². The molecule has 0 aliphatic carbocycles. The minimum absolute atomic E-state index is 0.734. The van der Waals surface area contributed by atoms with E-state index in [1.165, 1.54) is 64.2 Å². The molecule has 0 aromatic carbocycles. The van der Waals surface area contributed by atoms with Gasteiger partial charge in [-0.15, -0.1) is 0 Å². The topological polar surface area (TPSA) is 33.3 Å². The molecule has 0 aromatic heterocycles. The van der Waals surface area contributed by atoms with Crippen molar-refractivity contribution in [3.63, 3.8) is 0 Å². The van der Waals surface area contributed by atoms with Gasteiger partial charge in [-0.2, -0.15) is 0 Å². The van der Waals surface area contributed by atoms with Crippen molar-refractivity contribution in [3.8, 4) is 0 Å². The largest absolute Gasteiger partial charge is 0.381 e. The number of ether oxygens (including phenoxy) is 1. The summed E-state index contributed by atoms with van der Waals surface area (Å²) in [5.74, 6) is 0.734. The van der Waals surface area contributed by atoms with Gasteiger partial charge in [-0.05, 0) is 37.4 Å². The molecule has 4 heteroatoms. The third-order valence-corrected chi connectivity index (χ3v) is 4.75. The van der Waals surface area contributed by atoms with Crippen molar-refractivity contribution in [2.24, 2.45) is 5.92 Å². The fourth-order valence-corrected chi connectivity index (χ4v) is 2.90. The number of hydrogen-bond acceptors (Lipinski definition) is 2. The van der Waals surface area contributed by atoms with Crippen LogP contribution in [0.4, 0.5) is 0 Å². The van der Waals surface area contributed by atoms with Crippen LogP contribution in [0.25, 0.3) is 0 Å². The predicted octanol–water partition coefficient (Wildman–Crippen LogP) is 5.43. The highest BCUT2D eigenvalue weighted by molar-refractivity contribution is 7.80. The van der Waals surface area contributed by atoms with Crippen molar-refractivity contribution in [2.75, 3.05) is 26.3 Å². The summed E-state index contributed by atoms with van der Waals surface area (Å²) in [6.07, 6.45) is 14.1. The molecule has 0 amide bonds. The summed E-state index contributed by atoms with van der Waals surface area (Å²) in [6.45, 7) is 10.4. The summed E-state index contributed by atoms with van der Waals surface area (Å²) in [5.41, 5.74) is 0. The summed E-state index contributed by atoms with van der Waals surface area (Å²) in [7, 11) is 0. The maximum atomic E-state index is 5.81. The Kier molecular flexibility index (Phi) is 18.7. The molecule has 144 valence electrons. The Hall–Kier alpha value is -0.350. The van der Waals surface area contributed by atoms with Gasteiger partial charge in [-0.25, -0.2) is 0 Å². The molecule has 0 spiro atoms. The highest BCUT2D eigenvalue weighted by Crippen LogP contribution is 2.12. The number of nitrogens with one attached hydrogen (secondary N) is 2. The first-order chi connectivity index (χ1) is 11.7. The van der Waals surface area contributed by atoms with E-state index in [-0.39, 0.29) is 0 Å². The first-order valence-corrected chi connectivity index (χ1v) is 10.7. The lowest BCUT2D eigenvalue weighted by Crippen LogP contribution is -2.36. The summed E-state index contributed by atoms with van der Waals surface area (Å²) in [4.78, 5) is 0. The molecule has 0 saturated heterocycles. The van der Waals surface area contributed by atoms with Crippen molar-refractivity contribution in [1.82, 2.24) is 10.6 Å². The van der Waals surface area contributed by atoms with Crippen LogP contribution < -0.4 is 10.6 Å². The first kappa shape index (κ1) is 23.6. The zero-order chi connectivity index (χ0) is 17.9. The van der Waals surface area contributed by atoms with Gasteiger partial charge in [0.2, 0.25) is 0 Å². The molecule has 3 nitrogen and oxygen atoms in total. The average Bonchev–Trinajstić information content (AvgIpc) is 2.59. The standard InChI is InChI=1S/C20H42N2OS/c1-4-7-9-10-11-12-15-21-20(24)22-16-13-17-23-18-19(6-3)14-8-5-2/h19H,4-18H2,1-3H3,(H2,21,22,24). The molecule has 2 N–H and O–H groups in total. The summed E-state index contributed by atoms with van der Waals surface area (Å²) < 4.78 is 5.81. The van der Waals surface area contributed by atoms with Crippen molar-refractivity contribution >= 4 is 17.3 Å². The molecule has 0 rings (SSSR count). The molecular formula is C20H42N2OS. The maximum absolute atomic E-state index is 5.81. The zero-order valence-electron chi connectivity index (χ0n) is 16.5.